The molecule has 12 heteroatoms. The number of anilines is 3. The van der Waals surface area contributed by atoms with Crippen LogP contribution >= 0.6 is 34.5 Å². The minimum atomic E-state index is -4.61. The third-order valence-electron chi connectivity index (χ3n) is 4.38. The molecule has 0 saturated carbocycles. The summed E-state index contributed by atoms with van der Waals surface area (Å²) >= 11 is 13.1. The van der Waals surface area contributed by atoms with Crippen LogP contribution < -0.4 is 16.0 Å². The number of hydrogen-bond acceptors (Lipinski definition) is 7. The highest BCUT2D eigenvalue weighted by atomic mass is 35.5. The maximum absolute atomic E-state index is 13.4. The lowest BCUT2D eigenvalue weighted by molar-refractivity contribution is -0.137. The van der Waals surface area contributed by atoms with E-state index in [2.05, 4.69) is 30.9 Å². The molecule has 0 spiro atoms. The molecule has 1 atom stereocenters. The number of alkyl halides is 3. The standard InChI is InChI=1S/C17H15Cl2F3N6S/c18-10-4-12-13(5-11(10)19)29-16(26-12)28-14-9(17(20,21)22)7-24-15(27-14)25-8-2-1-3-23-6-8/h4-5,7-8,23H,1-3,6H2,(H2,24,25,26,27,28)/t8-/m0/s1. The zero-order chi connectivity index (χ0) is 20.6. The summed E-state index contributed by atoms with van der Waals surface area (Å²) in [5, 5.41) is 9.90. The Morgan fingerprint density at radius 2 is 1.97 bits per heavy atom. The van der Waals surface area contributed by atoms with Crippen LogP contribution in [0.5, 0.6) is 0 Å². The van der Waals surface area contributed by atoms with Gasteiger partial charge in [0.1, 0.15) is 11.4 Å². The van der Waals surface area contributed by atoms with E-state index in [9.17, 15) is 13.2 Å². The van der Waals surface area contributed by atoms with Crippen molar-refractivity contribution in [2.75, 3.05) is 23.7 Å². The number of hydrogen-bond donors (Lipinski definition) is 3. The summed E-state index contributed by atoms with van der Waals surface area (Å²) in [6, 6.07) is 3.24. The maximum Gasteiger partial charge on any atom is 0.421 e. The van der Waals surface area contributed by atoms with Crippen molar-refractivity contribution in [1.82, 2.24) is 20.3 Å². The quantitative estimate of drug-likeness (QED) is 0.487. The van der Waals surface area contributed by atoms with Gasteiger partial charge in [-0.1, -0.05) is 34.5 Å². The van der Waals surface area contributed by atoms with E-state index in [4.69, 9.17) is 23.2 Å². The van der Waals surface area contributed by atoms with Gasteiger partial charge in [-0.05, 0) is 31.5 Å². The number of fused-ring (bicyclic) bond motifs is 1. The molecule has 0 amide bonds. The third-order valence-corrected chi connectivity index (χ3v) is 6.04. The summed E-state index contributed by atoms with van der Waals surface area (Å²) in [6.45, 7) is 1.62. The van der Waals surface area contributed by atoms with Gasteiger partial charge in [-0.2, -0.15) is 18.2 Å². The van der Waals surface area contributed by atoms with Crippen LogP contribution in [0.3, 0.4) is 0 Å². The SMILES string of the molecule is FC(F)(F)c1cnc(N[C@H]2CCCNC2)nc1Nc1nc2cc(Cl)c(Cl)cc2s1. The maximum atomic E-state index is 13.4. The van der Waals surface area contributed by atoms with E-state index in [0.29, 0.717) is 26.8 Å². The van der Waals surface area contributed by atoms with E-state index in [1.807, 2.05) is 0 Å². The summed E-state index contributed by atoms with van der Waals surface area (Å²) < 4.78 is 41.0. The first-order valence-electron chi connectivity index (χ1n) is 8.74. The van der Waals surface area contributed by atoms with Gasteiger partial charge in [-0.25, -0.2) is 9.97 Å². The summed E-state index contributed by atoms with van der Waals surface area (Å²) in [5.41, 5.74) is -0.443. The first-order chi connectivity index (χ1) is 13.8. The molecule has 154 valence electrons. The average Bonchev–Trinajstić information content (AvgIpc) is 3.03. The van der Waals surface area contributed by atoms with Crippen LogP contribution in [-0.4, -0.2) is 34.1 Å². The highest BCUT2D eigenvalue weighted by Crippen LogP contribution is 2.38. The smallest absolute Gasteiger partial charge is 0.350 e. The molecule has 1 fully saturated rings. The van der Waals surface area contributed by atoms with Crippen molar-refractivity contribution >= 4 is 61.7 Å². The number of nitrogens with zero attached hydrogens (tertiary/aromatic N) is 3. The van der Waals surface area contributed by atoms with Crippen LogP contribution in [0.1, 0.15) is 18.4 Å². The van der Waals surface area contributed by atoms with Crippen molar-refractivity contribution in [2.24, 2.45) is 0 Å². The van der Waals surface area contributed by atoms with Gasteiger partial charge in [0.2, 0.25) is 5.95 Å². The molecule has 2 aromatic heterocycles. The molecule has 1 aliphatic rings. The minimum Gasteiger partial charge on any atom is -0.350 e. The highest BCUT2D eigenvalue weighted by Gasteiger charge is 2.35. The van der Waals surface area contributed by atoms with Gasteiger partial charge in [0.05, 0.1) is 20.3 Å². The fraction of sp³-hybridized carbons (Fsp3) is 0.353. The number of benzene rings is 1. The first kappa shape index (κ1) is 20.4. The number of nitrogens with one attached hydrogen (secondary N) is 3. The number of halogens is 5. The van der Waals surface area contributed by atoms with E-state index in [1.54, 1.807) is 12.1 Å². The molecule has 1 saturated heterocycles. The molecule has 1 aliphatic heterocycles. The van der Waals surface area contributed by atoms with E-state index in [0.717, 1.165) is 36.9 Å². The van der Waals surface area contributed by atoms with Gasteiger partial charge in [0.15, 0.2) is 5.13 Å². The molecule has 0 unspecified atom stereocenters. The van der Waals surface area contributed by atoms with Gasteiger partial charge in [0, 0.05) is 18.8 Å². The Morgan fingerprint density at radius 3 is 2.69 bits per heavy atom. The van der Waals surface area contributed by atoms with Crippen molar-refractivity contribution in [3.8, 4) is 0 Å². The zero-order valence-corrected chi connectivity index (χ0v) is 17.1. The number of aromatic nitrogens is 3. The molecule has 0 radical (unpaired) electrons. The van der Waals surface area contributed by atoms with Gasteiger partial charge in [-0.15, -0.1) is 0 Å². The van der Waals surface area contributed by atoms with Gasteiger partial charge < -0.3 is 16.0 Å². The first-order valence-corrected chi connectivity index (χ1v) is 10.3. The summed E-state index contributed by atoms with van der Waals surface area (Å²) in [6.07, 6.45) is -1.98. The van der Waals surface area contributed by atoms with Crippen LogP contribution in [0, 0.1) is 0 Å². The van der Waals surface area contributed by atoms with E-state index in [1.165, 1.54) is 0 Å². The number of thiazole rings is 1. The molecule has 3 heterocycles. The Kier molecular flexibility index (Phi) is 5.69. The molecular weight excluding hydrogens is 448 g/mol. The van der Waals surface area contributed by atoms with E-state index >= 15 is 0 Å². The normalized spacial score (nSPS) is 17.5. The van der Waals surface area contributed by atoms with Crippen molar-refractivity contribution in [3.05, 3.63) is 33.9 Å². The summed E-state index contributed by atoms with van der Waals surface area (Å²) in [4.78, 5) is 12.2. The molecular formula is C17H15Cl2F3N6S. The lowest BCUT2D eigenvalue weighted by Gasteiger charge is -2.24. The largest absolute Gasteiger partial charge is 0.421 e. The lowest BCUT2D eigenvalue weighted by Crippen LogP contribution is -2.38. The fourth-order valence-corrected chi connectivity index (χ4v) is 4.26. The van der Waals surface area contributed by atoms with Crippen LogP contribution in [0.15, 0.2) is 18.3 Å². The van der Waals surface area contributed by atoms with Gasteiger partial charge in [-0.3, -0.25) is 0 Å². The van der Waals surface area contributed by atoms with Crippen molar-refractivity contribution < 1.29 is 13.2 Å². The van der Waals surface area contributed by atoms with Crippen molar-refractivity contribution in [3.63, 3.8) is 0 Å². The molecule has 4 rings (SSSR count). The molecule has 0 bridgehead atoms. The van der Waals surface area contributed by atoms with Crippen LogP contribution in [0.2, 0.25) is 10.0 Å². The van der Waals surface area contributed by atoms with Crippen LogP contribution in [-0.2, 0) is 6.18 Å². The molecule has 3 N–H and O–H groups in total. The molecule has 1 aromatic carbocycles. The summed E-state index contributed by atoms with van der Waals surface area (Å²) in [5.74, 6) is -0.239. The van der Waals surface area contributed by atoms with Crippen molar-refractivity contribution in [2.45, 2.75) is 25.1 Å². The molecule has 29 heavy (non-hydrogen) atoms. The molecule has 0 aliphatic carbocycles. The second kappa shape index (κ2) is 8.10. The van der Waals surface area contributed by atoms with E-state index < -0.39 is 11.7 Å². The number of piperidine rings is 1. The zero-order valence-electron chi connectivity index (χ0n) is 14.8. The molecule has 3 aromatic rings. The monoisotopic (exact) mass is 462 g/mol. The predicted octanol–water partition coefficient (Wildman–Crippen LogP) is 5.32. The van der Waals surface area contributed by atoms with Crippen LogP contribution in [0.4, 0.5) is 30.1 Å². The third kappa shape index (κ3) is 4.66. The summed E-state index contributed by atoms with van der Waals surface area (Å²) in [7, 11) is 0. The Bertz CT molecular complexity index is 997. The van der Waals surface area contributed by atoms with Gasteiger partial charge >= 0.3 is 6.18 Å². The Morgan fingerprint density at radius 1 is 1.17 bits per heavy atom. The topological polar surface area (TPSA) is 74.8 Å². The minimum absolute atomic E-state index is 0.0556. The van der Waals surface area contributed by atoms with Crippen molar-refractivity contribution in [1.29, 1.82) is 0 Å². The second-order valence-corrected chi connectivity index (χ2v) is 8.36. The fourth-order valence-electron chi connectivity index (χ4n) is 2.99. The second-order valence-electron chi connectivity index (χ2n) is 6.52. The Hall–Kier alpha value is -1.88. The van der Waals surface area contributed by atoms with E-state index in [-0.39, 0.29) is 22.9 Å². The van der Waals surface area contributed by atoms with Gasteiger partial charge in [0.25, 0.3) is 0 Å². The average molecular weight is 463 g/mol. The number of rotatable bonds is 4. The predicted molar refractivity (Wildman–Crippen MR) is 109 cm³/mol. The van der Waals surface area contributed by atoms with Crippen LogP contribution in [0.25, 0.3) is 10.2 Å². The highest BCUT2D eigenvalue weighted by molar-refractivity contribution is 7.22. The lowest BCUT2D eigenvalue weighted by atomic mass is 10.1. The molecule has 6 nitrogen and oxygen atoms in total. The Balaban J connectivity index is 1.65. The Labute approximate surface area is 177 Å².